The van der Waals surface area contributed by atoms with Crippen LogP contribution in [-0.4, -0.2) is 4.98 Å². The van der Waals surface area contributed by atoms with Gasteiger partial charge in [0.05, 0.1) is 10.5 Å². The van der Waals surface area contributed by atoms with E-state index < -0.39 is 5.82 Å². The lowest BCUT2D eigenvalue weighted by molar-refractivity contribution is 0.459. The molecule has 106 valence electrons. The normalized spacial score (nSPS) is 10.8. The van der Waals surface area contributed by atoms with E-state index in [1.54, 1.807) is 0 Å². The van der Waals surface area contributed by atoms with Crippen LogP contribution in [0.2, 0.25) is 5.02 Å². The average Bonchev–Trinajstić information content (AvgIpc) is 2.50. The van der Waals surface area contributed by atoms with E-state index in [1.807, 2.05) is 30.3 Å². The molecule has 0 amide bonds. The van der Waals surface area contributed by atoms with Gasteiger partial charge in [-0.1, -0.05) is 45.7 Å². The molecular formula is C16H10BrClFNO. The summed E-state index contributed by atoms with van der Waals surface area (Å²) in [6.45, 7) is 0. The standard InChI is InChI=1S/C16H10BrClFNO/c17-9-11-7-10-3-1-2-4-15(10)20-16(11)21-12-5-6-14(19)13(18)8-12/h1-8H,9H2. The molecule has 1 heterocycles. The lowest BCUT2D eigenvalue weighted by atomic mass is 10.2. The van der Waals surface area contributed by atoms with E-state index in [0.717, 1.165) is 16.5 Å². The third kappa shape index (κ3) is 3.01. The molecule has 0 aliphatic rings. The molecule has 0 bridgehead atoms. The number of hydrogen-bond donors (Lipinski definition) is 0. The van der Waals surface area contributed by atoms with E-state index >= 15 is 0 Å². The van der Waals surface area contributed by atoms with Crippen LogP contribution in [0.3, 0.4) is 0 Å². The summed E-state index contributed by atoms with van der Waals surface area (Å²) in [7, 11) is 0. The summed E-state index contributed by atoms with van der Waals surface area (Å²) >= 11 is 9.19. The highest BCUT2D eigenvalue weighted by Gasteiger charge is 2.10. The maximum atomic E-state index is 13.2. The Kier molecular flexibility index (Phi) is 4.08. The van der Waals surface area contributed by atoms with Gasteiger partial charge in [-0.3, -0.25) is 0 Å². The zero-order chi connectivity index (χ0) is 14.8. The fourth-order valence-corrected chi connectivity index (χ4v) is 2.55. The quantitative estimate of drug-likeness (QED) is 0.554. The van der Waals surface area contributed by atoms with Gasteiger partial charge in [-0.05, 0) is 24.3 Å². The maximum Gasteiger partial charge on any atom is 0.223 e. The minimum Gasteiger partial charge on any atom is -0.439 e. The van der Waals surface area contributed by atoms with Crippen LogP contribution in [0.4, 0.5) is 4.39 Å². The highest BCUT2D eigenvalue weighted by atomic mass is 79.9. The Bertz CT molecular complexity index is 809. The molecule has 0 N–H and O–H groups in total. The molecule has 0 saturated carbocycles. The molecule has 0 fully saturated rings. The van der Waals surface area contributed by atoms with Crippen LogP contribution < -0.4 is 4.74 Å². The maximum absolute atomic E-state index is 13.2. The van der Waals surface area contributed by atoms with Crippen molar-refractivity contribution in [3.63, 3.8) is 0 Å². The summed E-state index contributed by atoms with van der Waals surface area (Å²) < 4.78 is 18.9. The van der Waals surface area contributed by atoms with Gasteiger partial charge in [0, 0.05) is 22.3 Å². The van der Waals surface area contributed by atoms with Crippen molar-refractivity contribution in [3.05, 3.63) is 64.9 Å². The van der Waals surface area contributed by atoms with Gasteiger partial charge in [0.2, 0.25) is 5.88 Å². The van der Waals surface area contributed by atoms with Gasteiger partial charge in [-0.15, -0.1) is 0 Å². The van der Waals surface area contributed by atoms with Gasteiger partial charge < -0.3 is 4.74 Å². The van der Waals surface area contributed by atoms with Gasteiger partial charge in [-0.2, -0.15) is 0 Å². The summed E-state index contributed by atoms with van der Waals surface area (Å²) in [6.07, 6.45) is 0. The summed E-state index contributed by atoms with van der Waals surface area (Å²) in [5, 5.41) is 1.67. The second-order valence-electron chi connectivity index (χ2n) is 4.46. The molecule has 0 spiro atoms. The van der Waals surface area contributed by atoms with Crippen molar-refractivity contribution in [3.8, 4) is 11.6 Å². The molecule has 2 aromatic carbocycles. The van der Waals surface area contributed by atoms with Crippen LogP contribution in [0.5, 0.6) is 11.6 Å². The van der Waals surface area contributed by atoms with E-state index in [0.29, 0.717) is 17.0 Å². The number of hydrogen-bond acceptors (Lipinski definition) is 2. The first kappa shape index (κ1) is 14.3. The number of ether oxygens (including phenoxy) is 1. The van der Waals surface area contributed by atoms with Crippen LogP contribution in [0.25, 0.3) is 10.9 Å². The van der Waals surface area contributed by atoms with Gasteiger partial charge >= 0.3 is 0 Å². The van der Waals surface area contributed by atoms with Gasteiger partial charge in [0.25, 0.3) is 0 Å². The second-order valence-corrected chi connectivity index (χ2v) is 5.42. The number of pyridine rings is 1. The van der Waals surface area contributed by atoms with Crippen LogP contribution in [0, 0.1) is 5.82 Å². The first-order chi connectivity index (χ1) is 10.2. The number of benzene rings is 2. The number of fused-ring (bicyclic) bond motifs is 1. The van der Waals surface area contributed by atoms with Crippen molar-refractivity contribution < 1.29 is 9.13 Å². The minimum absolute atomic E-state index is 0.0219. The fraction of sp³-hybridized carbons (Fsp3) is 0.0625. The Hall–Kier alpha value is -1.65. The molecule has 0 aliphatic carbocycles. The van der Waals surface area contributed by atoms with Crippen molar-refractivity contribution in [2.24, 2.45) is 0 Å². The lowest BCUT2D eigenvalue weighted by Gasteiger charge is -2.10. The summed E-state index contributed by atoms with van der Waals surface area (Å²) in [5.41, 5.74) is 1.75. The molecule has 3 rings (SSSR count). The van der Waals surface area contributed by atoms with Gasteiger partial charge in [0.1, 0.15) is 11.6 Å². The Labute approximate surface area is 134 Å². The summed E-state index contributed by atoms with van der Waals surface area (Å²) in [4.78, 5) is 4.50. The Morgan fingerprint density at radius 2 is 1.95 bits per heavy atom. The van der Waals surface area contributed by atoms with Crippen LogP contribution >= 0.6 is 27.5 Å². The number of para-hydroxylation sites is 1. The van der Waals surface area contributed by atoms with Crippen molar-refractivity contribution in [1.82, 2.24) is 4.98 Å². The van der Waals surface area contributed by atoms with Gasteiger partial charge in [0.15, 0.2) is 0 Å². The SMILES string of the molecule is Fc1ccc(Oc2nc3ccccc3cc2CBr)cc1Cl. The molecule has 3 aromatic rings. The fourth-order valence-electron chi connectivity index (χ4n) is 1.98. The highest BCUT2D eigenvalue weighted by Crippen LogP contribution is 2.30. The molecule has 1 aromatic heterocycles. The molecule has 2 nitrogen and oxygen atoms in total. The Balaban J connectivity index is 2.04. The third-order valence-corrected chi connectivity index (χ3v) is 3.91. The molecule has 21 heavy (non-hydrogen) atoms. The van der Waals surface area contributed by atoms with E-state index in [2.05, 4.69) is 20.9 Å². The van der Waals surface area contributed by atoms with Crippen molar-refractivity contribution >= 4 is 38.4 Å². The molecule has 0 radical (unpaired) electrons. The summed E-state index contributed by atoms with van der Waals surface area (Å²) in [5.74, 6) is 0.454. The number of rotatable bonds is 3. The number of nitrogens with zero attached hydrogens (tertiary/aromatic N) is 1. The monoisotopic (exact) mass is 365 g/mol. The number of aromatic nitrogens is 1. The predicted octanol–water partition coefficient (Wildman–Crippen LogP) is 5.71. The minimum atomic E-state index is -0.476. The first-order valence-electron chi connectivity index (χ1n) is 6.25. The number of halogens is 3. The molecule has 0 saturated heterocycles. The molecule has 0 unspecified atom stereocenters. The highest BCUT2D eigenvalue weighted by molar-refractivity contribution is 9.08. The average molecular weight is 367 g/mol. The zero-order valence-corrected chi connectivity index (χ0v) is 13.2. The Morgan fingerprint density at radius 3 is 2.71 bits per heavy atom. The van der Waals surface area contributed by atoms with E-state index in [-0.39, 0.29) is 5.02 Å². The first-order valence-corrected chi connectivity index (χ1v) is 7.75. The van der Waals surface area contributed by atoms with Gasteiger partial charge in [-0.25, -0.2) is 9.37 Å². The van der Waals surface area contributed by atoms with Crippen LogP contribution in [0.1, 0.15) is 5.56 Å². The van der Waals surface area contributed by atoms with E-state index in [9.17, 15) is 4.39 Å². The van der Waals surface area contributed by atoms with Crippen molar-refractivity contribution in [2.75, 3.05) is 0 Å². The molecular weight excluding hydrogens is 357 g/mol. The zero-order valence-electron chi connectivity index (χ0n) is 10.8. The summed E-state index contributed by atoms with van der Waals surface area (Å²) in [6, 6.07) is 14.0. The van der Waals surface area contributed by atoms with Crippen molar-refractivity contribution in [2.45, 2.75) is 5.33 Å². The Morgan fingerprint density at radius 1 is 1.14 bits per heavy atom. The second kappa shape index (κ2) is 6.00. The lowest BCUT2D eigenvalue weighted by Crippen LogP contribution is -1.94. The third-order valence-electron chi connectivity index (χ3n) is 3.01. The smallest absolute Gasteiger partial charge is 0.223 e. The molecule has 5 heteroatoms. The number of alkyl halides is 1. The van der Waals surface area contributed by atoms with Crippen LogP contribution in [-0.2, 0) is 5.33 Å². The van der Waals surface area contributed by atoms with E-state index in [4.69, 9.17) is 16.3 Å². The van der Waals surface area contributed by atoms with Crippen LogP contribution in [0.15, 0.2) is 48.5 Å². The van der Waals surface area contributed by atoms with Crippen molar-refractivity contribution in [1.29, 1.82) is 0 Å². The molecule has 0 aliphatic heterocycles. The molecule has 0 atom stereocenters. The topological polar surface area (TPSA) is 22.1 Å². The van der Waals surface area contributed by atoms with E-state index in [1.165, 1.54) is 18.2 Å². The largest absolute Gasteiger partial charge is 0.439 e. The predicted molar refractivity (Wildman–Crippen MR) is 85.9 cm³/mol.